The predicted octanol–water partition coefficient (Wildman–Crippen LogP) is 5.11. The molecular formula is C22H24ClF3N2O4S. The number of carbonyl (C=O) groups is 1. The number of alkyl halides is 3. The summed E-state index contributed by atoms with van der Waals surface area (Å²) in [5.41, 5.74) is -0.820. The van der Waals surface area contributed by atoms with Crippen molar-refractivity contribution in [1.29, 1.82) is 0 Å². The molecule has 6 nitrogen and oxygen atoms in total. The summed E-state index contributed by atoms with van der Waals surface area (Å²) in [5, 5.41) is 2.19. The Hall–Kier alpha value is -2.30. The van der Waals surface area contributed by atoms with Crippen LogP contribution in [0.2, 0.25) is 5.02 Å². The molecule has 0 saturated carbocycles. The minimum absolute atomic E-state index is 0.0709. The van der Waals surface area contributed by atoms with E-state index in [9.17, 15) is 26.4 Å². The van der Waals surface area contributed by atoms with Crippen LogP contribution in [0.5, 0.6) is 5.75 Å². The van der Waals surface area contributed by atoms with Crippen molar-refractivity contribution in [2.24, 2.45) is 5.92 Å². The molecule has 0 radical (unpaired) electrons. The van der Waals surface area contributed by atoms with Gasteiger partial charge in [-0.3, -0.25) is 4.79 Å². The molecule has 0 spiro atoms. The SMILES string of the molecule is CCOc1ccc(S(=O)(=O)N2CCC[C@H](C(=O)Nc3ccc(Cl)cc3C(F)(F)F)C2)cc1C. The van der Waals surface area contributed by atoms with Crippen LogP contribution in [0.15, 0.2) is 41.3 Å². The Morgan fingerprint density at radius 2 is 1.97 bits per heavy atom. The van der Waals surface area contributed by atoms with E-state index in [0.717, 1.165) is 12.1 Å². The summed E-state index contributed by atoms with van der Waals surface area (Å²) in [6.45, 7) is 4.09. The minimum atomic E-state index is -4.71. The number of piperidine rings is 1. The summed E-state index contributed by atoms with van der Waals surface area (Å²) >= 11 is 5.68. The standard InChI is InChI=1S/C22H24ClF3N2O4S/c1-3-32-20-9-7-17(11-14(20)2)33(30,31)28-10-4-5-15(13-28)21(29)27-19-8-6-16(23)12-18(19)22(24,25)26/h6-9,11-12,15H,3-5,10,13H2,1-2H3,(H,27,29)/t15-/m0/s1. The second-order valence-corrected chi connectivity index (χ2v) is 10.1. The summed E-state index contributed by atoms with van der Waals surface area (Å²) < 4.78 is 72.9. The van der Waals surface area contributed by atoms with Crippen molar-refractivity contribution >= 4 is 33.2 Å². The third kappa shape index (κ3) is 5.80. The van der Waals surface area contributed by atoms with Gasteiger partial charge in [0.25, 0.3) is 0 Å². The largest absolute Gasteiger partial charge is 0.494 e. The van der Waals surface area contributed by atoms with Crippen LogP contribution in [0.4, 0.5) is 18.9 Å². The molecule has 0 aliphatic carbocycles. The molecule has 1 N–H and O–H groups in total. The van der Waals surface area contributed by atoms with E-state index in [4.69, 9.17) is 16.3 Å². The fraction of sp³-hybridized carbons (Fsp3) is 0.409. The van der Waals surface area contributed by atoms with Crippen LogP contribution in [0.25, 0.3) is 0 Å². The molecule has 0 bridgehead atoms. The van der Waals surface area contributed by atoms with Gasteiger partial charge in [0, 0.05) is 18.1 Å². The molecule has 180 valence electrons. The lowest BCUT2D eigenvalue weighted by atomic mass is 9.98. The highest BCUT2D eigenvalue weighted by Crippen LogP contribution is 2.37. The fourth-order valence-electron chi connectivity index (χ4n) is 3.72. The Morgan fingerprint density at radius 3 is 2.61 bits per heavy atom. The minimum Gasteiger partial charge on any atom is -0.494 e. The van der Waals surface area contributed by atoms with E-state index in [1.54, 1.807) is 13.0 Å². The molecule has 2 aromatic carbocycles. The Bertz CT molecular complexity index is 1140. The molecule has 33 heavy (non-hydrogen) atoms. The molecule has 1 fully saturated rings. The van der Waals surface area contributed by atoms with Crippen molar-refractivity contribution in [3.63, 3.8) is 0 Å². The highest BCUT2D eigenvalue weighted by Gasteiger charge is 2.37. The molecule has 0 aromatic heterocycles. The Morgan fingerprint density at radius 1 is 1.24 bits per heavy atom. The van der Waals surface area contributed by atoms with Crippen molar-refractivity contribution in [2.75, 3.05) is 25.0 Å². The summed E-state index contributed by atoms with van der Waals surface area (Å²) in [6.07, 6.45) is -3.95. The zero-order valence-corrected chi connectivity index (χ0v) is 19.6. The third-order valence-electron chi connectivity index (χ3n) is 5.38. The maximum atomic E-state index is 13.3. The molecular weight excluding hydrogens is 481 g/mol. The first kappa shape index (κ1) is 25.3. The van der Waals surface area contributed by atoms with Gasteiger partial charge in [0.1, 0.15) is 5.75 Å². The number of amides is 1. The molecule has 1 amide bonds. The molecule has 1 atom stereocenters. The van der Waals surface area contributed by atoms with Crippen molar-refractivity contribution < 1.29 is 31.1 Å². The van der Waals surface area contributed by atoms with Gasteiger partial charge in [-0.1, -0.05) is 11.6 Å². The van der Waals surface area contributed by atoms with E-state index in [1.165, 1.54) is 22.5 Å². The number of rotatable bonds is 6. The number of carbonyl (C=O) groups excluding carboxylic acids is 1. The van der Waals surface area contributed by atoms with Crippen molar-refractivity contribution in [3.05, 3.63) is 52.5 Å². The van der Waals surface area contributed by atoms with E-state index in [-0.39, 0.29) is 23.0 Å². The lowest BCUT2D eigenvalue weighted by Crippen LogP contribution is -2.43. The van der Waals surface area contributed by atoms with Crippen LogP contribution in [-0.2, 0) is 21.0 Å². The predicted molar refractivity (Wildman–Crippen MR) is 119 cm³/mol. The van der Waals surface area contributed by atoms with Gasteiger partial charge in [-0.25, -0.2) is 8.42 Å². The Balaban J connectivity index is 1.78. The topological polar surface area (TPSA) is 75.7 Å². The van der Waals surface area contributed by atoms with E-state index in [2.05, 4.69) is 5.32 Å². The highest BCUT2D eigenvalue weighted by atomic mass is 35.5. The second-order valence-electron chi connectivity index (χ2n) is 7.74. The van der Waals surface area contributed by atoms with E-state index >= 15 is 0 Å². The number of nitrogens with one attached hydrogen (secondary N) is 1. The zero-order valence-electron chi connectivity index (χ0n) is 18.1. The first-order valence-electron chi connectivity index (χ1n) is 10.3. The van der Waals surface area contributed by atoms with Crippen LogP contribution >= 0.6 is 11.6 Å². The summed E-state index contributed by atoms with van der Waals surface area (Å²) in [4.78, 5) is 12.8. The molecule has 1 aliphatic heterocycles. The van der Waals surface area contributed by atoms with Crippen LogP contribution in [0.3, 0.4) is 0 Å². The normalized spacial score (nSPS) is 17.6. The number of halogens is 4. The zero-order chi connectivity index (χ0) is 24.4. The molecule has 2 aromatic rings. The van der Waals surface area contributed by atoms with E-state index < -0.39 is 39.3 Å². The lowest BCUT2D eigenvalue weighted by molar-refractivity contribution is -0.137. The molecule has 1 saturated heterocycles. The van der Waals surface area contributed by atoms with Gasteiger partial charge in [-0.2, -0.15) is 17.5 Å². The van der Waals surface area contributed by atoms with Gasteiger partial charge in [-0.15, -0.1) is 0 Å². The average Bonchev–Trinajstić information content (AvgIpc) is 2.75. The van der Waals surface area contributed by atoms with Gasteiger partial charge < -0.3 is 10.1 Å². The number of anilines is 1. The smallest absolute Gasteiger partial charge is 0.418 e. The van der Waals surface area contributed by atoms with Gasteiger partial charge >= 0.3 is 6.18 Å². The highest BCUT2D eigenvalue weighted by molar-refractivity contribution is 7.89. The van der Waals surface area contributed by atoms with Crippen LogP contribution < -0.4 is 10.1 Å². The van der Waals surface area contributed by atoms with Crippen molar-refractivity contribution in [3.8, 4) is 5.75 Å². The quantitative estimate of drug-likeness (QED) is 0.593. The first-order valence-corrected chi connectivity index (χ1v) is 12.2. The van der Waals surface area contributed by atoms with Crippen LogP contribution in [0.1, 0.15) is 30.9 Å². The van der Waals surface area contributed by atoms with Gasteiger partial charge in [0.05, 0.1) is 28.7 Å². The van der Waals surface area contributed by atoms with Crippen LogP contribution in [0, 0.1) is 12.8 Å². The first-order chi connectivity index (χ1) is 15.4. The van der Waals surface area contributed by atoms with Gasteiger partial charge in [0.2, 0.25) is 15.9 Å². The monoisotopic (exact) mass is 504 g/mol. The van der Waals surface area contributed by atoms with Gasteiger partial charge in [0.15, 0.2) is 0 Å². The number of hydrogen-bond acceptors (Lipinski definition) is 4. The Labute approximate surface area is 195 Å². The number of benzene rings is 2. The molecule has 11 heteroatoms. The number of sulfonamides is 1. The molecule has 3 rings (SSSR count). The number of hydrogen-bond donors (Lipinski definition) is 1. The average molecular weight is 505 g/mol. The number of ether oxygens (including phenoxy) is 1. The fourth-order valence-corrected chi connectivity index (χ4v) is 5.50. The van der Waals surface area contributed by atoms with E-state index in [1.807, 2.05) is 6.92 Å². The third-order valence-corrected chi connectivity index (χ3v) is 7.48. The maximum absolute atomic E-state index is 13.3. The maximum Gasteiger partial charge on any atom is 0.418 e. The molecule has 1 aliphatic rings. The summed E-state index contributed by atoms with van der Waals surface area (Å²) in [5.74, 6) is -0.893. The Kier molecular flexibility index (Phi) is 7.60. The molecule has 1 heterocycles. The second kappa shape index (κ2) is 9.90. The number of nitrogens with zero attached hydrogens (tertiary/aromatic N) is 1. The van der Waals surface area contributed by atoms with Crippen LogP contribution in [-0.4, -0.2) is 38.3 Å². The van der Waals surface area contributed by atoms with Crippen molar-refractivity contribution in [1.82, 2.24) is 4.31 Å². The van der Waals surface area contributed by atoms with Crippen molar-refractivity contribution in [2.45, 2.75) is 37.8 Å². The summed E-state index contributed by atoms with van der Waals surface area (Å²) in [7, 11) is -3.89. The lowest BCUT2D eigenvalue weighted by Gasteiger charge is -2.31. The van der Waals surface area contributed by atoms with E-state index in [0.29, 0.717) is 30.8 Å². The number of aryl methyl sites for hydroxylation is 1. The summed E-state index contributed by atoms with van der Waals surface area (Å²) in [6, 6.07) is 7.61. The van der Waals surface area contributed by atoms with Gasteiger partial charge in [-0.05, 0) is 68.7 Å². The molecule has 0 unspecified atom stereocenters.